The van der Waals surface area contributed by atoms with Gasteiger partial charge >= 0.3 is 0 Å². The number of methoxy groups -OCH3 is 1. The monoisotopic (exact) mass is 387 g/mol. The van der Waals surface area contributed by atoms with E-state index in [4.69, 9.17) is 24.8 Å². The molecule has 0 atom stereocenters. The predicted octanol–water partition coefficient (Wildman–Crippen LogP) is 3.84. The van der Waals surface area contributed by atoms with Crippen LogP contribution >= 0.6 is 0 Å². The molecule has 1 N–H and O–H groups in total. The lowest BCUT2D eigenvalue weighted by Crippen LogP contribution is -2.08. The summed E-state index contributed by atoms with van der Waals surface area (Å²) in [7, 11) is 1.72. The molecule has 150 valence electrons. The van der Waals surface area contributed by atoms with Gasteiger partial charge in [0.15, 0.2) is 0 Å². The van der Waals surface area contributed by atoms with Crippen molar-refractivity contribution in [3.8, 4) is 5.88 Å². The van der Waals surface area contributed by atoms with Crippen molar-refractivity contribution < 1.29 is 19.8 Å². The minimum atomic E-state index is -1.50. The quantitative estimate of drug-likeness (QED) is 0.509. The molecule has 3 rings (SSSR count). The number of ether oxygens (including phenoxy) is 2. The molecule has 28 heavy (non-hydrogen) atoms. The number of benzene rings is 1. The lowest BCUT2D eigenvalue weighted by atomic mass is 10.1. The zero-order valence-corrected chi connectivity index (χ0v) is 16.5. The lowest BCUT2D eigenvalue weighted by Gasteiger charge is -2.12. The maximum atomic E-state index is 8.36. The molecule has 0 spiro atoms. The second-order valence-electron chi connectivity index (χ2n) is 6.32. The average molecular weight is 387 g/mol. The molecule has 0 bridgehead atoms. The standard InChI is InChI=1S/C20H24N2O2.HNO3/c1-14-7-5-6-8-17(14)13-24-20-19-18(9-10-21-20)15(2)16(3)22(19)11-12-23-4;2-1(3)4/h5-10H,11-13H2,1-4H3;(H,2,3,4). The molecular weight excluding hydrogens is 362 g/mol. The molecule has 0 aliphatic carbocycles. The van der Waals surface area contributed by atoms with Crippen LogP contribution < -0.4 is 4.74 Å². The SMILES string of the molecule is COCCn1c(C)c(C)c2ccnc(OCc3ccccc3C)c21.O=[N+]([O-])O. The third-order valence-corrected chi connectivity index (χ3v) is 4.66. The van der Waals surface area contributed by atoms with Crippen LogP contribution in [0.4, 0.5) is 0 Å². The minimum absolute atomic E-state index is 0.520. The Morgan fingerprint density at radius 1 is 1.21 bits per heavy atom. The molecule has 0 unspecified atom stereocenters. The van der Waals surface area contributed by atoms with Crippen LogP contribution in [0.15, 0.2) is 36.5 Å². The molecule has 3 aromatic rings. The van der Waals surface area contributed by atoms with Gasteiger partial charge in [-0.2, -0.15) is 0 Å². The third-order valence-electron chi connectivity index (χ3n) is 4.66. The molecule has 0 saturated heterocycles. The fraction of sp³-hybridized carbons (Fsp3) is 0.350. The van der Waals surface area contributed by atoms with Gasteiger partial charge in [-0.05, 0) is 43.5 Å². The summed E-state index contributed by atoms with van der Waals surface area (Å²) in [6.07, 6.45) is 1.82. The second-order valence-corrected chi connectivity index (χ2v) is 6.32. The first-order valence-corrected chi connectivity index (χ1v) is 8.80. The van der Waals surface area contributed by atoms with Crippen molar-refractivity contribution in [2.24, 2.45) is 0 Å². The second kappa shape index (κ2) is 9.70. The van der Waals surface area contributed by atoms with Crippen LogP contribution in [0, 0.1) is 30.9 Å². The van der Waals surface area contributed by atoms with Gasteiger partial charge < -0.3 is 19.2 Å². The summed E-state index contributed by atoms with van der Waals surface area (Å²) in [6.45, 7) is 8.35. The van der Waals surface area contributed by atoms with Gasteiger partial charge in [-0.15, -0.1) is 10.1 Å². The van der Waals surface area contributed by atoms with Crippen molar-refractivity contribution in [3.05, 3.63) is 69.0 Å². The Hall–Kier alpha value is -3.13. The highest BCUT2D eigenvalue weighted by atomic mass is 16.9. The zero-order valence-electron chi connectivity index (χ0n) is 16.5. The molecule has 2 heterocycles. The van der Waals surface area contributed by atoms with Gasteiger partial charge in [0.1, 0.15) is 12.1 Å². The number of nitrogens with zero attached hydrogens (tertiary/aromatic N) is 3. The summed E-state index contributed by atoms with van der Waals surface area (Å²) < 4.78 is 13.6. The number of aryl methyl sites for hydroxylation is 2. The Bertz CT molecular complexity index is 948. The largest absolute Gasteiger partial charge is 0.471 e. The van der Waals surface area contributed by atoms with Crippen LogP contribution in [-0.4, -0.2) is 33.6 Å². The van der Waals surface area contributed by atoms with E-state index < -0.39 is 5.09 Å². The van der Waals surface area contributed by atoms with Crippen molar-refractivity contribution in [3.63, 3.8) is 0 Å². The summed E-state index contributed by atoms with van der Waals surface area (Å²) in [4.78, 5) is 12.9. The van der Waals surface area contributed by atoms with E-state index in [0.717, 1.165) is 12.1 Å². The van der Waals surface area contributed by atoms with E-state index in [2.05, 4.69) is 48.5 Å². The van der Waals surface area contributed by atoms with Crippen LogP contribution in [0.5, 0.6) is 5.88 Å². The molecule has 2 aromatic heterocycles. The molecule has 0 amide bonds. The van der Waals surface area contributed by atoms with E-state index in [-0.39, 0.29) is 0 Å². The maximum absolute atomic E-state index is 8.36. The van der Waals surface area contributed by atoms with E-state index in [9.17, 15) is 0 Å². The van der Waals surface area contributed by atoms with E-state index in [1.54, 1.807) is 7.11 Å². The summed E-state index contributed by atoms with van der Waals surface area (Å²) in [6, 6.07) is 10.3. The molecule has 0 aliphatic heterocycles. The smallest absolute Gasteiger partial charge is 0.291 e. The van der Waals surface area contributed by atoms with Crippen molar-refractivity contribution in [2.45, 2.75) is 33.9 Å². The number of pyridine rings is 1. The maximum Gasteiger partial charge on any atom is 0.291 e. The first-order chi connectivity index (χ1) is 13.4. The van der Waals surface area contributed by atoms with Gasteiger partial charge in [-0.25, -0.2) is 4.98 Å². The van der Waals surface area contributed by atoms with Crippen molar-refractivity contribution in [1.29, 1.82) is 0 Å². The number of aromatic nitrogens is 2. The lowest BCUT2D eigenvalue weighted by molar-refractivity contribution is -0.742. The third kappa shape index (κ3) is 4.98. The van der Waals surface area contributed by atoms with Gasteiger partial charge in [-0.1, -0.05) is 24.3 Å². The van der Waals surface area contributed by atoms with Crippen molar-refractivity contribution in [2.75, 3.05) is 13.7 Å². The number of hydrogen-bond donors (Lipinski definition) is 1. The summed E-state index contributed by atoms with van der Waals surface area (Å²) in [5.74, 6) is 0.683. The first kappa shape index (κ1) is 21.2. The van der Waals surface area contributed by atoms with Crippen molar-refractivity contribution in [1.82, 2.24) is 9.55 Å². The topological polar surface area (TPSA) is 99.7 Å². The van der Waals surface area contributed by atoms with E-state index in [1.165, 1.54) is 27.8 Å². The van der Waals surface area contributed by atoms with Crippen molar-refractivity contribution >= 4 is 10.9 Å². The highest BCUT2D eigenvalue weighted by molar-refractivity contribution is 5.88. The Morgan fingerprint density at radius 2 is 1.89 bits per heavy atom. The highest BCUT2D eigenvalue weighted by Gasteiger charge is 2.16. The molecule has 0 fully saturated rings. The number of hydrogen-bond acceptors (Lipinski definition) is 5. The average Bonchev–Trinajstić information content (AvgIpc) is 2.90. The minimum Gasteiger partial charge on any atom is -0.471 e. The molecule has 1 aromatic carbocycles. The molecule has 0 saturated carbocycles. The van der Waals surface area contributed by atoms with Gasteiger partial charge in [0.25, 0.3) is 5.09 Å². The van der Waals surface area contributed by atoms with Gasteiger partial charge in [-0.3, -0.25) is 0 Å². The Morgan fingerprint density at radius 3 is 2.54 bits per heavy atom. The Kier molecular flexibility index (Phi) is 7.34. The van der Waals surface area contributed by atoms with Gasteiger partial charge in [0.2, 0.25) is 5.88 Å². The van der Waals surface area contributed by atoms with E-state index in [1.807, 2.05) is 18.3 Å². The van der Waals surface area contributed by atoms with E-state index in [0.29, 0.717) is 19.1 Å². The fourth-order valence-electron chi connectivity index (χ4n) is 3.05. The van der Waals surface area contributed by atoms with E-state index >= 15 is 0 Å². The Labute approximate surface area is 163 Å². The van der Waals surface area contributed by atoms with Gasteiger partial charge in [0.05, 0.1) is 6.61 Å². The van der Waals surface area contributed by atoms with Crippen LogP contribution in [0.3, 0.4) is 0 Å². The zero-order chi connectivity index (χ0) is 20.7. The summed E-state index contributed by atoms with van der Waals surface area (Å²) in [5.41, 5.74) is 5.96. The molecule has 0 aliphatic rings. The van der Waals surface area contributed by atoms with Crippen LogP contribution in [0.2, 0.25) is 0 Å². The van der Waals surface area contributed by atoms with Crippen LogP contribution in [0.1, 0.15) is 22.4 Å². The molecule has 8 nitrogen and oxygen atoms in total. The highest BCUT2D eigenvalue weighted by Crippen LogP contribution is 2.31. The van der Waals surface area contributed by atoms with Crippen LogP contribution in [-0.2, 0) is 17.9 Å². The van der Waals surface area contributed by atoms with Crippen LogP contribution in [0.25, 0.3) is 10.9 Å². The molecule has 8 heteroatoms. The summed E-state index contributed by atoms with van der Waals surface area (Å²) in [5, 5.41) is 14.8. The molecule has 0 radical (unpaired) electrons. The fourth-order valence-corrected chi connectivity index (χ4v) is 3.05. The predicted molar refractivity (Wildman–Crippen MR) is 105 cm³/mol. The van der Waals surface area contributed by atoms with Gasteiger partial charge in [0, 0.05) is 30.9 Å². The number of fused-ring (bicyclic) bond motifs is 1. The molecular formula is C20H25N3O5. The number of rotatable bonds is 6. The normalized spacial score (nSPS) is 10.4. The summed E-state index contributed by atoms with van der Waals surface area (Å²) >= 11 is 0. The Balaban J connectivity index is 0.000000640. The first-order valence-electron chi connectivity index (χ1n) is 8.80.